The molecule has 7 nitrogen and oxygen atoms in total. The fourth-order valence-electron chi connectivity index (χ4n) is 2.91. The van der Waals surface area contributed by atoms with Gasteiger partial charge in [-0.2, -0.15) is 15.0 Å². The van der Waals surface area contributed by atoms with Crippen molar-refractivity contribution in [3.8, 4) is 0 Å². The highest BCUT2D eigenvalue weighted by atomic mass is 19.1. The van der Waals surface area contributed by atoms with E-state index in [0.29, 0.717) is 24.2 Å². The second-order valence-corrected chi connectivity index (χ2v) is 6.26. The molecule has 0 unspecified atom stereocenters. The number of anilines is 2. The summed E-state index contributed by atoms with van der Waals surface area (Å²) in [5.41, 5.74) is 6.73. The van der Waals surface area contributed by atoms with E-state index in [1.165, 1.54) is 12.3 Å². The van der Waals surface area contributed by atoms with E-state index in [1.54, 1.807) is 6.07 Å². The first-order valence-electron chi connectivity index (χ1n) is 8.03. The molecule has 24 heavy (non-hydrogen) atoms. The molecule has 1 fully saturated rings. The molecule has 128 valence electrons. The molecule has 2 N–H and O–H groups in total. The first kappa shape index (κ1) is 16.5. The molecule has 1 aliphatic heterocycles. The molecule has 8 heteroatoms. The van der Waals surface area contributed by atoms with Crippen LogP contribution in [0.2, 0.25) is 0 Å². The highest BCUT2D eigenvalue weighted by molar-refractivity contribution is 5.32. The van der Waals surface area contributed by atoms with E-state index < -0.39 is 0 Å². The standard InChI is InChI=1S/C16H22FN7/c1-23(2)16-21-14(20-15(18)22-16)10-24-7-5-11(6-8-24)13-4-3-12(17)9-19-13/h3-4,9,11H,5-8,10H2,1-2H3,(H2,18,20,21,22). The van der Waals surface area contributed by atoms with E-state index in [9.17, 15) is 4.39 Å². The molecule has 0 radical (unpaired) electrons. The Morgan fingerprint density at radius 2 is 1.96 bits per heavy atom. The van der Waals surface area contributed by atoms with Gasteiger partial charge in [0, 0.05) is 25.7 Å². The first-order chi connectivity index (χ1) is 11.5. The molecule has 0 amide bonds. The highest BCUT2D eigenvalue weighted by Crippen LogP contribution is 2.27. The average molecular weight is 331 g/mol. The van der Waals surface area contributed by atoms with Crippen molar-refractivity contribution in [1.82, 2.24) is 24.8 Å². The summed E-state index contributed by atoms with van der Waals surface area (Å²) in [5.74, 6) is 1.59. The van der Waals surface area contributed by atoms with Crippen molar-refractivity contribution in [2.45, 2.75) is 25.3 Å². The summed E-state index contributed by atoms with van der Waals surface area (Å²) in [6.45, 7) is 2.50. The van der Waals surface area contributed by atoms with Gasteiger partial charge in [0.2, 0.25) is 11.9 Å². The molecule has 0 bridgehead atoms. The van der Waals surface area contributed by atoms with Crippen LogP contribution in [-0.2, 0) is 6.54 Å². The summed E-state index contributed by atoms with van der Waals surface area (Å²) < 4.78 is 13.0. The minimum atomic E-state index is -0.291. The van der Waals surface area contributed by atoms with Gasteiger partial charge in [-0.3, -0.25) is 9.88 Å². The summed E-state index contributed by atoms with van der Waals surface area (Å²) in [6.07, 6.45) is 3.26. The van der Waals surface area contributed by atoms with Crippen LogP contribution in [0.25, 0.3) is 0 Å². The maximum Gasteiger partial charge on any atom is 0.229 e. The molecule has 0 spiro atoms. The molecule has 0 saturated carbocycles. The van der Waals surface area contributed by atoms with Crippen LogP contribution < -0.4 is 10.6 Å². The number of piperidine rings is 1. The highest BCUT2D eigenvalue weighted by Gasteiger charge is 2.22. The average Bonchev–Trinajstić information content (AvgIpc) is 2.56. The van der Waals surface area contributed by atoms with Crippen LogP contribution in [0, 0.1) is 5.82 Å². The van der Waals surface area contributed by atoms with E-state index in [0.717, 1.165) is 31.6 Å². The number of halogens is 1. The van der Waals surface area contributed by atoms with E-state index >= 15 is 0 Å². The van der Waals surface area contributed by atoms with Crippen molar-refractivity contribution in [2.24, 2.45) is 0 Å². The first-order valence-corrected chi connectivity index (χ1v) is 8.03. The minimum Gasteiger partial charge on any atom is -0.368 e. The molecule has 0 aromatic carbocycles. The molecule has 0 aliphatic carbocycles. The zero-order chi connectivity index (χ0) is 17.1. The Kier molecular flexibility index (Phi) is 4.84. The molecule has 1 aliphatic rings. The summed E-state index contributed by atoms with van der Waals surface area (Å²) in [5, 5.41) is 0. The maximum absolute atomic E-state index is 13.0. The summed E-state index contributed by atoms with van der Waals surface area (Å²) in [7, 11) is 3.75. The zero-order valence-electron chi connectivity index (χ0n) is 14.0. The third-order valence-electron chi connectivity index (χ3n) is 4.21. The number of likely N-dealkylation sites (tertiary alicyclic amines) is 1. The summed E-state index contributed by atoms with van der Waals surface area (Å²) in [6, 6.07) is 3.26. The van der Waals surface area contributed by atoms with Crippen molar-refractivity contribution < 1.29 is 4.39 Å². The van der Waals surface area contributed by atoms with Crippen LogP contribution in [0.15, 0.2) is 18.3 Å². The lowest BCUT2D eigenvalue weighted by atomic mass is 9.93. The topological polar surface area (TPSA) is 84.1 Å². The fourth-order valence-corrected chi connectivity index (χ4v) is 2.91. The molecule has 1 saturated heterocycles. The van der Waals surface area contributed by atoms with Crippen LogP contribution in [-0.4, -0.2) is 52.0 Å². The molecular weight excluding hydrogens is 309 g/mol. The van der Waals surface area contributed by atoms with Gasteiger partial charge in [0.15, 0.2) is 0 Å². The van der Waals surface area contributed by atoms with E-state index in [4.69, 9.17) is 5.73 Å². The van der Waals surface area contributed by atoms with Crippen LogP contribution in [0.1, 0.15) is 30.3 Å². The van der Waals surface area contributed by atoms with Crippen LogP contribution in [0.4, 0.5) is 16.3 Å². The van der Waals surface area contributed by atoms with Crippen molar-refractivity contribution in [3.63, 3.8) is 0 Å². The Bertz CT molecular complexity index is 681. The zero-order valence-corrected chi connectivity index (χ0v) is 14.0. The number of pyridine rings is 1. The molecule has 2 aromatic rings. The smallest absolute Gasteiger partial charge is 0.229 e. The number of hydrogen-bond donors (Lipinski definition) is 1. The van der Waals surface area contributed by atoms with Crippen LogP contribution in [0.5, 0.6) is 0 Å². The van der Waals surface area contributed by atoms with Crippen LogP contribution in [0.3, 0.4) is 0 Å². The minimum absolute atomic E-state index is 0.245. The lowest BCUT2D eigenvalue weighted by Gasteiger charge is -2.31. The van der Waals surface area contributed by atoms with Gasteiger partial charge in [0.25, 0.3) is 0 Å². The molecule has 3 rings (SSSR count). The normalized spacial score (nSPS) is 16.3. The number of rotatable bonds is 4. The Hall–Kier alpha value is -2.35. The third-order valence-corrected chi connectivity index (χ3v) is 4.21. The number of hydrogen-bond acceptors (Lipinski definition) is 7. The monoisotopic (exact) mass is 331 g/mol. The number of nitrogens with two attached hydrogens (primary N) is 1. The van der Waals surface area contributed by atoms with Gasteiger partial charge in [-0.1, -0.05) is 0 Å². The van der Waals surface area contributed by atoms with Crippen LogP contribution >= 0.6 is 0 Å². The molecule has 3 heterocycles. The Morgan fingerprint density at radius 1 is 1.21 bits per heavy atom. The Labute approximate surface area is 140 Å². The molecule has 0 atom stereocenters. The Morgan fingerprint density at radius 3 is 2.58 bits per heavy atom. The second-order valence-electron chi connectivity index (χ2n) is 6.26. The van der Waals surface area contributed by atoms with Crippen molar-refractivity contribution in [3.05, 3.63) is 35.7 Å². The van der Waals surface area contributed by atoms with Gasteiger partial charge in [0.1, 0.15) is 11.6 Å². The van der Waals surface area contributed by atoms with Crippen molar-refractivity contribution >= 4 is 11.9 Å². The molecule has 2 aromatic heterocycles. The predicted octanol–water partition coefficient (Wildman–Crippen LogP) is 1.43. The fraction of sp³-hybridized carbons (Fsp3) is 0.500. The van der Waals surface area contributed by atoms with Gasteiger partial charge in [-0.05, 0) is 38.1 Å². The maximum atomic E-state index is 13.0. The quantitative estimate of drug-likeness (QED) is 0.907. The number of aromatic nitrogens is 4. The van der Waals surface area contributed by atoms with E-state index in [-0.39, 0.29) is 11.8 Å². The van der Waals surface area contributed by atoms with E-state index in [1.807, 2.05) is 19.0 Å². The van der Waals surface area contributed by atoms with Gasteiger partial charge >= 0.3 is 0 Å². The summed E-state index contributed by atoms with van der Waals surface area (Å²) >= 11 is 0. The van der Waals surface area contributed by atoms with Crippen molar-refractivity contribution in [2.75, 3.05) is 37.8 Å². The van der Waals surface area contributed by atoms with Gasteiger partial charge in [-0.15, -0.1) is 0 Å². The number of nitrogens with zero attached hydrogens (tertiary/aromatic N) is 6. The van der Waals surface area contributed by atoms with Crippen molar-refractivity contribution in [1.29, 1.82) is 0 Å². The van der Waals surface area contributed by atoms with Gasteiger partial charge in [0.05, 0.1) is 12.7 Å². The second kappa shape index (κ2) is 7.04. The lowest BCUT2D eigenvalue weighted by Crippen LogP contribution is -2.33. The predicted molar refractivity (Wildman–Crippen MR) is 90.0 cm³/mol. The Balaban J connectivity index is 1.60. The summed E-state index contributed by atoms with van der Waals surface area (Å²) in [4.78, 5) is 21.1. The SMILES string of the molecule is CN(C)c1nc(N)nc(CN2CCC(c3ccc(F)cn3)CC2)n1. The third kappa shape index (κ3) is 3.94. The molecular formula is C16H22FN7. The number of nitrogen functional groups attached to an aromatic ring is 1. The largest absolute Gasteiger partial charge is 0.368 e. The van der Waals surface area contributed by atoms with Gasteiger partial charge < -0.3 is 10.6 Å². The van der Waals surface area contributed by atoms with Gasteiger partial charge in [-0.25, -0.2) is 4.39 Å². The lowest BCUT2D eigenvalue weighted by molar-refractivity contribution is 0.199. The van der Waals surface area contributed by atoms with E-state index in [2.05, 4.69) is 24.8 Å².